The van der Waals surface area contributed by atoms with Crippen molar-refractivity contribution in [3.05, 3.63) is 65.5 Å². The molecule has 5 heteroatoms. The van der Waals surface area contributed by atoms with Gasteiger partial charge < -0.3 is 10.4 Å². The van der Waals surface area contributed by atoms with Gasteiger partial charge in [-0.05, 0) is 48.9 Å². The lowest BCUT2D eigenvalue weighted by Gasteiger charge is -2.30. The topological polar surface area (TPSA) is 32.3 Å². The molecule has 0 bridgehead atoms. The van der Waals surface area contributed by atoms with Gasteiger partial charge in [-0.2, -0.15) is 0 Å². The van der Waals surface area contributed by atoms with Crippen molar-refractivity contribution in [3.8, 4) is 0 Å². The van der Waals surface area contributed by atoms with Crippen molar-refractivity contribution >= 4 is 5.69 Å². The maximum Gasteiger partial charge on any atom is 0.159 e. The highest BCUT2D eigenvalue weighted by Crippen LogP contribution is 2.27. The molecular weight excluding hydrogens is 267 g/mol. The largest absolute Gasteiger partial charge is 0.394 e. The number of hydrogen-bond acceptors (Lipinski definition) is 2. The van der Waals surface area contributed by atoms with Crippen LogP contribution >= 0.6 is 0 Å². The van der Waals surface area contributed by atoms with E-state index in [-0.39, 0.29) is 12.4 Å². The molecule has 2 aromatic rings. The van der Waals surface area contributed by atoms with E-state index >= 15 is 0 Å². The number of hydrogen-bond donors (Lipinski definition) is 2. The predicted octanol–water partition coefficient (Wildman–Crippen LogP) is 3.42. The summed E-state index contributed by atoms with van der Waals surface area (Å²) in [7, 11) is 0. The number of benzene rings is 2. The average Bonchev–Trinajstić information content (AvgIpc) is 2.44. The fourth-order valence-corrected chi connectivity index (χ4v) is 1.89. The minimum Gasteiger partial charge on any atom is -0.394 e. The van der Waals surface area contributed by atoms with E-state index in [1.807, 2.05) is 0 Å². The second kappa shape index (κ2) is 5.54. The molecule has 0 aliphatic rings. The molecule has 106 valence electrons. The van der Waals surface area contributed by atoms with Crippen LogP contribution in [0.4, 0.5) is 18.9 Å². The summed E-state index contributed by atoms with van der Waals surface area (Å²) in [5, 5.41) is 12.6. The Hall–Kier alpha value is -2.01. The van der Waals surface area contributed by atoms with E-state index in [9.17, 15) is 18.3 Å². The Morgan fingerprint density at radius 1 is 1.00 bits per heavy atom. The van der Waals surface area contributed by atoms with Crippen molar-refractivity contribution in [1.82, 2.24) is 0 Å². The monoisotopic (exact) mass is 281 g/mol. The number of anilines is 1. The molecule has 2 aromatic carbocycles. The van der Waals surface area contributed by atoms with Crippen LogP contribution in [0.3, 0.4) is 0 Å². The van der Waals surface area contributed by atoms with Crippen LogP contribution in [0.1, 0.15) is 12.5 Å². The van der Waals surface area contributed by atoms with Crippen LogP contribution in [-0.4, -0.2) is 11.7 Å². The molecule has 20 heavy (non-hydrogen) atoms. The number of aliphatic hydroxyl groups excluding tert-OH is 1. The summed E-state index contributed by atoms with van der Waals surface area (Å²) >= 11 is 0. The van der Waals surface area contributed by atoms with Crippen molar-refractivity contribution in [1.29, 1.82) is 0 Å². The second-order valence-electron chi connectivity index (χ2n) is 4.75. The van der Waals surface area contributed by atoms with E-state index in [4.69, 9.17) is 0 Å². The summed E-state index contributed by atoms with van der Waals surface area (Å²) < 4.78 is 39.1. The summed E-state index contributed by atoms with van der Waals surface area (Å²) in [6, 6.07) is 8.97. The molecule has 0 aromatic heterocycles. The zero-order chi connectivity index (χ0) is 14.8. The van der Waals surface area contributed by atoms with Gasteiger partial charge in [0.2, 0.25) is 0 Å². The van der Waals surface area contributed by atoms with Crippen molar-refractivity contribution in [2.24, 2.45) is 0 Å². The molecular formula is C15H14F3NO. The molecule has 0 radical (unpaired) electrons. The molecule has 0 saturated heterocycles. The van der Waals surface area contributed by atoms with Crippen LogP contribution in [0.15, 0.2) is 42.5 Å². The molecule has 2 rings (SSSR count). The summed E-state index contributed by atoms with van der Waals surface area (Å²) in [4.78, 5) is 0. The third-order valence-electron chi connectivity index (χ3n) is 3.14. The van der Waals surface area contributed by atoms with Gasteiger partial charge in [-0.25, -0.2) is 13.2 Å². The number of halogens is 3. The van der Waals surface area contributed by atoms with Crippen molar-refractivity contribution in [2.45, 2.75) is 12.5 Å². The van der Waals surface area contributed by atoms with Crippen LogP contribution in [0.2, 0.25) is 0 Å². The van der Waals surface area contributed by atoms with Gasteiger partial charge in [0, 0.05) is 5.69 Å². The Labute approximate surface area is 114 Å². The molecule has 1 unspecified atom stereocenters. The normalized spacial score (nSPS) is 13.8. The molecule has 0 aliphatic carbocycles. The molecule has 0 amide bonds. The lowest BCUT2D eigenvalue weighted by Crippen LogP contribution is -2.36. The third-order valence-corrected chi connectivity index (χ3v) is 3.14. The molecule has 0 spiro atoms. The van der Waals surface area contributed by atoms with E-state index < -0.39 is 17.2 Å². The van der Waals surface area contributed by atoms with E-state index in [1.54, 1.807) is 6.92 Å². The van der Waals surface area contributed by atoms with Gasteiger partial charge in [0.25, 0.3) is 0 Å². The number of aliphatic hydroxyl groups is 1. The molecule has 0 heterocycles. The molecule has 0 aliphatic heterocycles. The first-order chi connectivity index (χ1) is 9.44. The summed E-state index contributed by atoms with van der Waals surface area (Å²) in [6.07, 6.45) is 0. The van der Waals surface area contributed by atoms with Gasteiger partial charge in [-0.15, -0.1) is 0 Å². The quantitative estimate of drug-likeness (QED) is 0.900. The third kappa shape index (κ3) is 2.93. The second-order valence-corrected chi connectivity index (χ2v) is 4.75. The molecule has 2 N–H and O–H groups in total. The first-order valence-corrected chi connectivity index (χ1v) is 6.05. The zero-order valence-electron chi connectivity index (χ0n) is 10.8. The summed E-state index contributed by atoms with van der Waals surface area (Å²) in [6.45, 7) is 1.30. The highest BCUT2D eigenvalue weighted by atomic mass is 19.2. The Morgan fingerprint density at radius 2 is 1.65 bits per heavy atom. The lowest BCUT2D eigenvalue weighted by molar-refractivity contribution is 0.223. The smallest absolute Gasteiger partial charge is 0.159 e. The summed E-state index contributed by atoms with van der Waals surface area (Å²) in [5.74, 6) is -2.31. The van der Waals surface area contributed by atoms with Crippen LogP contribution < -0.4 is 5.32 Å². The molecule has 2 nitrogen and oxygen atoms in total. The molecule has 0 fully saturated rings. The van der Waals surface area contributed by atoms with Crippen LogP contribution in [0.25, 0.3) is 0 Å². The van der Waals surface area contributed by atoms with Gasteiger partial charge >= 0.3 is 0 Å². The SMILES string of the molecule is CC(CO)(Nc1ccc(F)cc1)c1ccc(F)c(F)c1. The van der Waals surface area contributed by atoms with Crippen LogP contribution in [0, 0.1) is 17.5 Å². The zero-order valence-corrected chi connectivity index (χ0v) is 10.8. The fraction of sp³-hybridized carbons (Fsp3) is 0.200. The molecule has 1 atom stereocenters. The first kappa shape index (κ1) is 14.4. The average molecular weight is 281 g/mol. The highest BCUT2D eigenvalue weighted by molar-refractivity contribution is 5.48. The van der Waals surface area contributed by atoms with Crippen molar-refractivity contribution in [2.75, 3.05) is 11.9 Å². The standard InChI is InChI=1S/C15H14F3NO/c1-15(9-20,10-2-7-13(17)14(18)8-10)19-12-5-3-11(16)4-6-12/h2-8,19-20H,9H2,1H3. The van der Waals surface area contributed by atoms with E-state index in [0.717, 1.165) is 12.1 Å². The van der Waals surface area contributed by atoms with Crippen molar-refractivity contribution < 1.29 is 18.3 Å². The Kier molecular flexibility index (Phi) is 3.99. The predicted molar refractivity (Wildman–Crippen MR) is 70.8 cm³/mol. The minimum absolute atomic E-state index is 0.338. The van der Waals surface area contributed by atoms with E-state index in [0.29, 0.717) is 11.3 Å². The summed E-state index contributed by atoms with van der Waals surface area (Å²) in [5.41, 5.74) is -0.0530. The first-order valence-electron chi connectivity index (χ1n) is 6.05. The molecule has 0 saturated carbocycles. The van der Waals surface area contributed by atoms with Crippen LogP contribution in [-0.2, 0) is 5.54 Å². The lowest BCUT2D eigenvalue weighted by atomic mass is 9.92. The Morgan fingerprint density at radius 3 is 2.20 bits per heavy atom. The fourth-order valence-electron chi connectivity index (χ4n) is 1.89. The van der Waals surface area contributed by atoms with E-state index in [1.165, 1.54) is 30.3 Å². The van der Waals surface area contributed by atoms with Gasteiger partial charge in [0.1, 0.15) is 5.82 Å². The van der Waals surface area contributed by atoms with Gasteiger partial charge in [-0.1, -0.05) is 6.07 Å². The van der Waals surface area contributed by atoms with Gasteiger partial charge in [-0.3, -0.25) is 0 Å². The minimum atomic E-state index is -1.01. The van der Waals surface area contributed by atoms with E-state index in [2.05, 4.69) is 5.32 Å². The Bertz CT molecular complexity index is 601. The van der Waals surface area contributed by atoms with Crippen LogP contribution in [0.5, 0.6) is 0 Å². The van der Waals surface area contributed by atoms with Gasteiger partial charge in [0.05, 0.1) is 12.1 Å². The Balaban J connectivity index is 2.32. The van der Waals surface area contributed by atoms with Gasteiger partial charge in [0.15, 0.2) is 11.6 Å². The maximum atomic E-state index is 13.3. The maximum absolute atomic E-state index is 13.3. The van der Waals surface area contributed by atoms with Crippen molar-refractivity contribution in [3.63, 3.8) is 0 Å². The number of rotatable bonds is 4. The number of nitrogens with one attached hydrogen (secondary N) is 1. The highest BCUT2D eigenvalue weighted by Gasteiger charge is 2.26.